The molecule has 0 fully saturated rings. The van der Waals surface area contributed by atoms with Crippen LogP contribution in [0.4, 0.5) is 8.78 Å². The van der Waals surface area contributed by atoms with Crippen molar-refractivity contribution < 1.29 is 18.3 Å². The molecule has 0 unspecified atom stereocenters. The topological polar surface area (TPSA) is 48.3 Å². The molecule has 0 saturated heterocycles. The fourth-order valence-electron chi connectivity index (χ4n) is 3.10. The van der Waals surface area contributed by atoms with Crippen LogP contribution in [0.5, 0.6) is 11.5 Å². The third-order valence-corrected chi connectivity index (χ3v) is 4.52. The molecule has 0 aliphatic heterocycles. The molecule has 1 heterocycles. The first kappa shape index (κ1) is 19.8. The van der Waals surface area contributed by atoms with E-state index in [4.69, 9.17) is 4.74 Å². The second-order valence-corrected chi connectivity index (χ2v) is 6.36. The van der Waals surface area contributed by atoms with Gasteiger partial charge in [-0.1, -0.05) is 24.3 Å². The highest BCUT2D eigenvalue weighted by Crippen LogP contribution is 2.29. The van der Waals surface area contributed by atoms with Gasteiger partial charge in [0.25, 0.3) is 0 Å². The number of benzene rings is 2. The lowest BCUT2D eigenvalue weighted by atomic mass is 10.1. The van der Waals surface area contributed by atoms with Crippen LogP contribution in [-0.2, 0) is 13.1 Å². The number of rotatable bonds is 8. The van der Waals surface area contributed by atoms with E-state index >= 15 is 0 Å². The highest BCUT2D eigenvalue weighted by atomic mass is 19.3. The van der Waals surface area contributed by atoms with Gasteiger partial charge in [0.05, 0.1) is 18.5 Å². The molecule has 2 aromatic carbocycles. The monoisotopic (exact) mass is 387 g/mol. The van der Waals surface area contributed by atoms with Crippen LogP contribution in [0.25, 0.3) is 5.69 Å². The van der Waals surface area contributed by atoms with Crippen molar-refractivity contribution in [2.45, 2.75) is 33.5 Å². The fourth-order valence-corrected chi connectivity index (χ4v) is 3.10. The van der Waals surface area contributed by atoms with Gasteiger partial charge in [0.15, 0.2) is 11.5 Å². The number of nitrogens with zero attached hydrogens (tertiary/aromatic N) is 2. The van der Waals surface area contributed by atoms with E-state index in [1.807, 2.05) is 54.9 Å². The second-order valence-electron chi connectivity index (χ2n) is 6.36. The summed E-state index contributed by atoms with van der Waals surface area (Å²) in [6, 6.07) is 15.0. The fraction of sp³-hybridized carbons (Fsp3) is 0.286. The number of hydrogen-bond acceptors (Lipinski definition) is 4. The molecule has 0 bridgehead atoms. The average Bonchev–Trinajstić information content (AvgIpc) is 2.97. The highest BCUT2D eigenvalue weighted by molar-refractivity contribution is 5.43. The summed E-state index contributed by atoms with van der Waals surface area (Å²) in [7, 11) is 1.42. The predicted octanol–water partition coefficient (Wildman–Crippen LogP) is 4.39. The largest absolute Gasteiger partial charge is 0.493 e. The minimum atomic E-state index is -2.90. The Morgan fingerprint density at radius 1 is 1.04 bits per heavy atom. The molecule has 7 heteroatoms. The number of methoxy groups -OCH3 is 1. The molecule has 1 aromatic heterocycles. The molecule has 28 heavy (non-hydrogen) atoms. The highest BCUT2D eigenvalue weighted by Gasteiger charge is 2.14. The first-order valence-corrected chi connectivity index (χ1v) is 8.92. The number of hydrogen-bond donors (Lipinski definition) is 1. The first-order valence-electron chi connectivity index (χ1n) is 8.92. The molecule has 3 aromatic rings. The van der Waals surface area contributed by atoms with Crippen LogP contribution in [0.2, 0.25) is 0 Å². The zero-order valence-corrected chi connectivity index (χ0v) is 16.1. The van der Waals surface area contributed by atoms with Gasteiger partial charge in [-0.05, 0) is 43.7 Å². The lowest BCUT2D eigenvalue weighted by Crippen LogP contribution is -2.14. The van der Waals surface area contributed by atoms with E-state index in [1.165, 1.54) is 7.11 Å². The van der Waals surface area contributed by atoms with Crippen molar-refractivity contribution in [1.82, 2.24) is 15.1 Å². The predicted molar refractivity (Wildman–Crippen MR) is 103 cm³/mol. The Balaban J connectivity index is 1.70. The Morgan fingerprint density at radius 3 is 2.46 bits per heavy atom. The van der Waals surface area contributed by atoms with Gasteiger partial charge in [-0.2, -0.15) is 13.9 Å². The van der Waals surface area contributed by atoms with Gasteiger partial charge in [-0.3, -0.25) is 0 Å². The molecule has 0 spiro atoms. The summed E-state index contributed by atoms with van der Waals surface area (Å²) in [5.74, 6) is 0.306. The maximum Gasteiger partial charge on any atom is 0.387 e. The van der Waals surface area contributed by atoms with Crippen LogP contribution in [0.15, 0.2) is 48.5 Å². The van der Waals surface area contributed by atoms with Gasteiger partial charge >= 0.3 is 6.61 Å². The second kappa shape index (κ2) is 8.84. The third kappa shape index (κ3) is 4.48. The molecule has 0 radical (unpaired) electrons. The molecule has 0 saturated carbocycles. The van der Waals surface area contributed by atoms with Gasteiger partial charge in [0.2, 0.25) is 0 Å². The SMILES string of the molecule is COc1ccc(CNCc2c(C)nn(-c3ccccc3)c2C)cc1OC(F)F. The van der Waals surface area contributed by atoms with Crippen molar-refractivity contribution >= 4 is 0 Å². The first-order chi connectivity index (χ1) is 13.5. The van der Waals surface area contributed by atoms with Crippen molar-refractivity contribution in [2.24, 2.45) is 0 Å². The number of alkyl halides is 2. The lowest BCUT2D eigenvalue weighted by molar-refractivity contribution is -0.0512. The van der Waals surface area contributed by atoms with Crippen molar-refractivity contribution in [3.63, 3.8) is 0 Å². The van der Waals surface area contributed by atoms with E-state index in [1.54, 1.807) is 12.1 Å². The van der Waals surface area contributed by atoms with Crippen molar-refractivity contribution in [1.29, 1.82) is 0 Å². The maximum absolute atomic E-state index is 12.6. The molecule has 0 aliphatic carbocycles. The van der Waals surface area contributed by atoms with Gasteiger partial charge in [0, 0.05) is 24.3 Å². The van der Waals surface area contributed by atoms with Crippen molar-refractivity contribution in [3.8, 4) is 17.2 Å². The van der Waals surface area contributed by atoms with Crippen LogP contribution in [0.1, 0.15) is 22.5 Å². The standard InChI is InChI=1S/C21H23F2N3O2/c1-14-18(15(2)26(25-14)17-7-5-4-6-8-17)13-24-12-16-9-10-19(27-3)20(11-16)28-21(22)23/h4-11,21,24H,12-13H2,1-3H3. The molecule has 3 rings (SSSR count). The summed E-state index contributed by atoms with van der Waals surface area (Å²) in [6.07, 6.45) is 0. The molecule has 5 nitrogen and oxygen atoms in total. The zero-order valence-electron chi connectivity index (χ0n) is 16.1. The quantitative estimate of drug-likeness (QED) is 0.623. The molecule has 148 valence electrons. The minimum Gasteiger partial charge on any atom is -0.493 e. The molecule has 0 atom stereocenters. The smallest absolute Gasteiger partial charge is 0.387 e. The summed E-state index contributed by atoms with van der Waals surface area (Å²) >= 11 is 0. The van der Waals surface area contributed by atoms with Crippen LogP contribution < -0.4 is 14.8 Å². The summed E-state index contributed by atoms with van der Waals surface area (Å²) < 4.78 is 36.7. The molecule has 0 aliphatic rings. The van der Waals surface area contributed by atoms with E-state index in [9.17, 15) is 8.78 Å². The summed E-state index contributed by atoms with van der Waals surface area (Å²) in [5.41, 5.74) is 4.96. The zero-order chi connectivity index (χ0) is 20.1. The van der Waals surface area contributed by atoms with Crippen LogP contribution in [-0.4, -0.2) is 23.5 Å². The van der Waals surface area contributed by atoms with E-state index in [0.717, 1.165) is 28.2 Å². The van der Waals surface area contributed by atoms with Gasteiger partial charge in [-0.25, -0.2) is 4.68 Å². The van der Waals surface area contributed by atoms with E-state index in [0.29, 0.717) is 13.1 Å². The van der Waals surface area contributed by atoms with Crippen LogP contribution in [0, 0.1) is 13.8 Å². The van der Waals surface area contributed by atoms with Crippen LogP contribution >= 0.6 is 0 Å². The van der Waals surface area contributed by atoms with E-state index in [2.05, 4.69) is 15.2 Å². The normalized spacial score (nSPS) is 11.1. The number of aromatic nitrogens is 2. The number of aryl methyl sites for hydroxylation is 1. The number of halogens is 2. The number of para-hydroxylation sites is 1. The number of ether oxygens (including phenoxy) is 2. The van der Waals surface area contributed by atoms with Crippen molar-refractivity contribution in [3.05, 3.63) is 71.0 Å². The summed E-state index contributed by atoms with van der Waals surface area (Å²) in [4.78, 5) is 0. The van der Waals surface area contributed by atoms with E-state index < -0.39 is 6.61 Å². The lowest BCUT2D eigenvalue weighted by Gasteiger charge is -2.12. The van der Waals surface area contributed by atoms with E-state index in [-0.39, 0.29) is 11.5 Å². The maximum atomic E-state index is 12.6. The molecule has 0 amide bonds. The molecular weight excluding hydrogens is 364 g/mol. The Bertz CT molecular complexity index is 927. The Kier molecular flexibility index (Phi) is 6.26. The Morgan fingerprint density at radius 2 is 1.79 bits per heavy atom. The van der Waals surface area contributed by atoms with Gasteiger partial charge in [0.1, 0.15) is 0 Å². The number of nitrogens with one attached hydrogen (secondary N) is 1. The van der Waals surface area contributed by atoms with Gasteiger partial charge < -0.3 is 14.8 Å². The van der Waals surface area contributed by atoms with Crippen LogP contribution in [0.3, 0.4) is 0 Å². The van der Waals surface area contributed by atoms with Crippen molar-refractivity contribution in [2.75, 3.05) is 7.11 Å². The molecular formula is C21H23F2N3O2. The average molecular weight is 387 g/mol. The van der Waals surface area contributed by atoms with Gasteiger partial charge in [-0.15, -0.1) is 0 Å². The minimum absolute atomic E-state index is 0.0288. The molecule has 1 N–H and O–H groups in total. The Hall–Kier alpha value is -2.93. The summed E-state index contributed by atoms with van der Waals surface area (Å²) in [5, 5.41) is 7.98. The summed E-state index contributed by atoms with van der Waals surface area (Å²) in [6.45, 7) is 2.23. The Labute approximate surface area is 162 Å². The third-order valence-electron chi connectivity index (χ3n) is 4.52.